The molecule has 0 amide bonds. The molecule has 1 aliphatic rings. The number of hydrogen-bond donors (Lipinski definition) is 2. The Kier molecular flexibility index (Phi) is 8.42. The highest BCUT2D eigenvalue weighted by molar-refractivity contribution is 5.28. The van der Waals surface area contributed by atoms with Crippen LogP contribution in [0, 0.1) is 11.8 Å². The van der Waals surface area contributed by atoms with Crippen LogP contribution in [0.25, 0.3) is 0 Å². The van der Waals surface area contributed by atoms with Crippen LogP contribution in [0.4, 0.5) is 0 Å². The highest BCUT2D eigenvalue weighted by atomic mass is 16.5. The molecule has 3 rings (SSSR count). The first-order valence-corrected chi connectivity index (χ1v) is 10.8. The summed E-state index contributed by atoms with van der Waals surface area (Å²) in [5.74, 6) is 0.147. The lowest BCUT2D eigenvalue weighted by atomic mass is 9.76. The second kappa shape index (κ2) is 11.0. The SMILES string of the molecule is COC[C@H](C)COCc1ccc(C2(O)CCN(Cc3ccccc3)CC2CO)cc1. The van der Waals surface area contributed by atoms with E-state index in [-0.39, 0.29) is 12.5 Å². The number of rotatable bonds is 10. The Morgan fingerprint density at radius 2 is 1.80 bits per heavy atom. The molecule has 0 bridgehead atoms. The summed E-state index contributed by atoms with van der Waals surface area (Å²) in [6, 6.07) is 18.3. The van der Waals surface area contributed by atoms with E-state index in [0.29, 0.717) is 38.7 Å². The largest absolute Gasteiger partial charge is 0.396 e. The molecular weight excluding hydrogens is 378 g/mol. The molecule has 2 unspecified atom stereocenters. The van der Waals surface area contributed by atoms with Crippen LogP contribution in [0.15, 0.2) is 54.6 Å². The number of aliphatic hydroxyl groups is 2. The van der Waals surface area contributed by atoms with Crippen LogP contribution in [-0.4, -0.2) is 55.1 Å². The van der Waals surface area contributed by atoms with E-state index in [1.54, 1.807) is 7.11 Å². The second-order valence-electron chi connectivity index (χ2n) is 8.55. The van der Waals surface area contributed by atoms with Gasteiger partial charge in [0.05, 0.1) is 32.0 Å². The van der Waals surface area contributed by atoms with Crippen molar-refractivity contribution in [2.75, 3.05) is 40.0 Å². The van der Waals surface area contributed by atoms with Crippen LogP contribution in [0.1, 0.15) is 30.0 Å². The fourth-order valence-electron chi connectivity index (χ4n) is 4.26. The van der Waals surface area contributed by atoms with Crippen molar-refractivity contribution in [1.29, 1.82) is 0 Å². The van der Waals surface area contributed by atoms with Crippen LogP contribution in [0.2, 0.25) is 0 Å². The number of aliphatic hydroxyl groups excluding tert-OH is 1. The van der Waals surface area contributed by atoms with Crippen LogP contribution in [-0.2, 0) is 28.2 Å². The lowest BCUT2D eigenvalue weighted by molar-refractivity contribution is -0.0960. The Balaban J connectivity index is 1.58. The van der Waals surface area contributed by atoms with Crippen LogP contribution in [0.3, 0.4) is 0 Å². The number of ether oxygens (including phenoxy) is 2. The van der Waals surface area contributed by atoms with E-state index in [1.165, 1.54) is 5.56 Å². The van der Waals surface area contributed by atoms with Gasteiger partial charge in [-0.25, -0.2) is 0 Å². The third kappa shape index (κ3) is 5.90. The van der Waals surface area contributed by atoms with Gasteiger partial charge in [-0.3, -0.25) is 4.90 Å². The average Bonchev–Trinajstić information content (AvgIpc) is 2.76. The Hall–Kier alpha value is -1.76. The molecule has 5 heteroatoms. The lowest BCUT2D eigenvalue weighted by Gasteiger charge is -2.44. The van der Waals surface area contributed by atoms with Gasteiger partial charge in [-0.05, 0) is 23.1 Å². The molecule has 2 aromatic rings. The van der Waals surface area contributed by atoms with E-state index in [4.69, 9.17) is 9.47 Å². The summed E-state index contributed by atoms with van der Waals surface area (Å²) in [6.07, 6.45) is 0.607. The van der Waals surface area contributed by atoms with Crippen molar-refractivity contribution in [3.8, 4) is 0 Å². The Bertz CT molecular complexity index is 752. The summed E-state index contributed by atoms with van der Waals surface area (Å²) in [6.45, 7) is 6.26. The molecule has 0 spiro atoms. The predicted octanol–water partition coefficient (Wildman–Crippen LogP) is 3.19. The van der Waals surface area contributed by atoms with Crippen molar-refractivity contribution >= 4 is 0 Å². The zero-order valence-electron chi connectivity index (χ0n) is 18.2. The zero-order valence-corrected chi connectivity index (χ0v) is 18.2. The minimum Gasteiger partial charge on any atom is -0.396 e. The van der Waals surface area contributed by atoms with Crippen LogP contribution in [0.5, 0.6) is 0 Å². The summed E-state index contributed by atoms with van der Waals surface area (Å²) >= 11 is 0. The molecule has 1 heterocycles. The molecule has 2 aromatic carbocycles. The Labute approximate surface area is 180 Å². The smallest absolute Gasteiger partial charge is 0.0970 e. The summed E-state index contributed by atoms with van der Waals surface area (Å²) in [7, 11) is 1.70. The zero-order chi connectivity index (χ0) is 21.4. The predicted molar refractivity (Wildman–Crippen MR) is 118 cm³/mol. The van der Waals surface area contributed by atoms with Crippen molar-refractivity contribution in [1.82, 2.24) is 4.90 Å². The summed E-state index contributed by atoms with van der Waals surface area (Å²) in [5, 5.41) is 21.5. The molecule has 0 radical (unpaired) electrons. The van der Waals surface area contributed by atoms with E-state index in [1.807, 2.05) is 42.5 Å². The fraction of sp³-hybridized carbons (Fsp3) is 0.520. The molecule has 1 saturated heterocycles. The molecule has 1 fully saturated rings. The number of nitrogens with zero attached hydrogens (tertiary/aromatic N) is 1. The average molecular weight is 414 g/mol. The van der Waals surface area contributed by atoms with Crippen molar-refractivity contribution in [3.63, 3.8) is 0 Å². The van der Waals surface area contributed by atoms with Crippen molar-refractivity contribution in [3.05, 3.63) is 71.3 Å². The monoisotopic (exact) mass is 413 g/mol. The summed E-state index contributed by atoms with van der Waals surface area (Å²) in [4.78, 5) is 2.31. The first kappa shape index (κ1) is 22.9. The van der Waals surface area contributed by atoms with Crippen LogP contribution >= 0.6 is 0 Å². The maximum atomic E-state index is 11.5. The lowest BCUT2D eigenvalue weighted by Crippen LogP contribution is -2.51. The maximum Gasteiger partial charge on any atom is 0.0970 e. The highest BCUT2D eigenvalue weighted by Gasteiger charge is 2.42. The van der Waals surface area contributed by atoms with Gasteiger partial charge in [0.2, 0.25) is 0 Å². The molecule has 3 atom stereocenters. The first-order chi connectivity index (χ1) is 14.5. The van der Waals surface area contributed by atoms with Gasteiger partial charge in [-0.15, -0.1) is 0 Å². The van der Waals surface area contributed by atoms with E-state index in [0.717, 1.165) is 24.2 Å². The van der Waals surface area contributed by atoms with Gasteiger partial charge in [0.1, 0.15) is 0 Å². The van der Waals surface area contributed by atoms with Gasteiger partial charge in [-0.2, -0.15) is 0 Å². The Morgan fingerprint density at radius 1 is 1.07 bits per heavy atom. The van der Waals surface area contributed by atoms with Gasteiger partial charge >= 0.3 is 0 Å². The number of likely N-dealkylation sites (tertiary alicyclic amines) is 1. The van der Waals surface area contributed by atoms with E-state index in [2.05, 4.69) is 24.0 Å². The minimum absolute atomic E-state index is 0.0377. The number of hydrogen-bond acceptors (Lipinski definition) is 5. The third-order valence-electron chi connectivity index (χ3n) is 6.01. The van der Waals surface area contributed by atoms with Gasteiger partial charge in [0.25, 0.3) is 0 Å². The molecule has 1 aliphatic heterocycles. The second-order valence-corrected chi connectivity index (χ2v) is 8.55. The van der Waals surface area contributed by atoms with Crippen LogP contribution < -0.4 is 0 Å². The molecule has 164 valence electrons. The van der Waals surface area contributed by atoms with Gasteiger partial charge in [0.15, 0.2) is 0 Å². The maximum absolute atomic E-state index is 11.5. The van der Waals surface area contributed by atoms with Gasteiger partial charge < -0.3 is 19.7 Å². The molecule has 2 N–H and O–H groups in total. The van der Waals surface area contributed by atoms with E-state index < -0.39 is 5.60 Å². The molecule has 0 saturated carbocycles. The molecular formula is C25H35NO4. The van der Waals surface area contributed by atoms with Gasteiger partial charge in [-0.1, -0.05) is 61.5 Å². The Morgan fingerprint density at radius 3 is 2.47 bits per heavy atom. The normalized spacial score (nSPS) is 23.4. The van der Waals surface area contributed by atoms with E-state index in [9.17, 15) is 10.2 Å². The topological polar surface area (TPSA) is 62.2 Å². The quantitative estimate of drug-likeness (QED) is 0.626. The molecule has 30 heavy (non-hydrogen) atoms. The minimum atomic E-state index is -1.01. The molecule has 5 nitrogen and oxygen atoms in total. The summed E-state index contributed by atoms with van der Waals surface area (Å²) < 4.78 is 10.9. The number of benzene rings is 2. The standard InChI is InChI=1S/C25H35NO4/c1-20(17-29-2)18-30-19-22-8-10-23(11-9-22)25(28)12-13-26(15-24(25)16-27)14-21-6-4-3-5-7-21/h3-11,20,24,27-28H,12-19H2,1-2H3/t20-,24?,25?/m0/s1. The fourth-order valence-corrected chi connectivity index (χ4v) is 4.26. The van der Waals surface area contributed by atoms with Crippen molar-refractivity contribution in [2.45, 2.75) is 32.1 Å². The van der Waals surface area contributed by atoms with Crippen molar-refractivity contribution in [2.24, 2.45) is 11.8 Å². The molecule has 0 aliphatic carbocycles. The summed E-state index contributed by atoms with van der Waals surface area (Å²) in [5.41, 5.74) is 2.20. The first-order valence-electron chi connectivity index (χ1n) is 10.8. The highest BCUT2D eigenvalue weighted by Crippen LogP contribution is 2.37. The van der Waals surface area contributed by atoms with Gasteiger partial charge in [0, 0.05) is 38.6 Å². The molecule has 0 aromatic heterocycles. The van der Waals surface area contributed by atoms with Crippen molar-refractivity contribution < 1.29 is 19.7 Å². The number of methoxy groups -OCH3 is 1. The van der Waals surface area contributed by atoms with E-state index >= 15 is 0 Å². The number of piperidine rings is 1. The third-order valence-corrected chi connectivity index (χ3v) is 6.01.